The quantitative estimate of drug-likeness (QED) is 0.758. The molecule has 0 aromatic carbocycles. The highest BCUT2D eigenvalue weighted by molar-refractivity contribution is 5.01. The van der Waals surface area contributed by atoms with Crippen molar-refractivity contribution >= 4 is 0 Å². The summed E-state index contributed by atoms with van der Waals surface area (Å²) in [5, 5.41) is 18.0. The van der Waals surface area contributed by atoms with Crippen molar-refractivity contribution in [2.45, 2.75) is 57.0 Å². The molecule has 0 amide bonds. The van der Waals surface area contributed by atoms with Gasteiger partial charge < -0.3 is 24.4 Å². The van der Waals surface area contributed by atoms with E-state index in [1.165, 1.54) is 0 Å². The lowest BCUT2D eigenvalue weighted by molar-refractivity contribution is -0.0997. The standard InChI is InChI=1S/C10H18O2.C4H8O3/c1-5-10(4)7-6-8(12-10)9(2,3)11;5-1-4-2-6-3-7-4/h5,8,11H,1,6-7H2,2-4H3;4-5H,1-3H2. The molecule has 0 spiro atoms. The van der Waals surface area contributed by atoms with Crippen LogP contribution in [0.4, 0.5) is 0 Å². The van der Waals surface area contributed by atoms with E-state index in [1.54, 1.807) is 13.8 Å². The first-order valence-electron chi connectivity index (χ1n) is 6.65. The van der Waals surface area contributed by atoms with Crippen LogP contribution in [0.25, 0.3) is 0 Å². The Kier molecular flexibility index (Phi) is 5.95. The Hall–Kier alpha value is -0.460. The van der Waals surface area contributed by atoms with Crippen LogP contribution in [0.1, 0.15) is 33.6 Å². The van der Waals surface area contributed by atoms with Crippen LogP contribution < -0.4 is 0 Å². The molecule has 2 aliphatic heterocycles. The number of aliphatic hydroxyl groups excluding tert-OH is 1. The average Bonchev–Trinajstić information content (AvgIpc) is 2.98. The number of ether oxygens (including phenoxy) is 3. The Morgan fingerprint density at radius 2 is 2.16 bits per heavy atom. The molecular formula is C14H26O5. The van der Waals surface area contributed by atoms with Crippen molar-refractivity contribution in [3.05, 3.63) is 12.7 Å². The fourth-order valence-corrected chi connectivity index (χ4v) is 1.99. The van der Waals surface area contributed by atoms with Crippen molar-refractivity contribution in [1.29, 1.82) is 0 Å². The summed E-state index contributed by atoms with van der Waals surface area (Å²) in [6.45, 7) is 10.2. The van der Waals surface area contributed by atoms with E-state index in [0.29, 0.717) is 13.4 Å². The van der Waals surface area contributed by atoms with Crippen LogP contribution in [-0.2, 0) is 14.2 Å². The van der Waals surface area contributed by atoms with E-state index >= 15 is 0 Å². The normalized spacial score (nSPS) is 34.8. The SMILES string of the molecule is C=CC1(C)CCC(C(C)(C)O)O1.OCC1COCO1. The van der Waals surface area contributed by atoms with E-state index in [1.807, 2.05) is 13.0 Å². The van der Waals surface area contributed by atoms with Gasteiger partial charge in [-0.3, -0.25) is 0 Å². The molecule has 0 saturated carbocycles. The lowest BCUT2D eigenvalue weighted by atomic mass is 9.97. The first-order chi connectivity index (χ1) is 8.80. The zero-order valence-electron chi connectivity index (χ0n) is 12.1. The molecule has 2 rings (SSSR count). The lowest BCUT2D eigenvalue weighted by Gasteiger charge is -2.28. The largest absolute Gasteiger partial charge is 0.394 e. The molecule has 0 aromatic rings. The van der Waals surface area contributed by atoms with Crippen LogP contribution in [0.3, 0.4) is 0 Å². The topological polar surface area (TPSA) is 68.2 Å². The first-order valence-corrected chi connectivity index (χ1v) is 6.65. The molecule has 3 unspecified atom stereocenters. The predicted octanol–water partition coefficient (Wildman–Crippen LogP) is 1.23. The minimum Gasteiger partial charge on any atom is -0.394 e. The van der Waals surface area contributed by atoms with Crippen molar-refractivity contribution in [2.24, 2.45) is 0 Å². The van der Waals surface area contributed by atoms with E-state index < -0.39 is 5.60 Å². The van der Waals surface area contributed by atoms with Gasteiger partial charge in [0.2, 0.25) is 0 Å². The van der Waals surface area contributed by atoms with E-state index in [-0.39, 0.29) is 24.4 Å². The molecule has 2 fully saturated rings. The van der Waals surface area contributed by atoms with E-state index in [4.69, 9.17) is 19.3 Å². The number of hydrogen-bond donors (Lipinski definition) is 2. The van der Waals surface area contributed by atoms with Gasteiger partial charge in [0.25, 0.3) is 0 Å². The molecule has 0 aromatic heterocycles. The molecule has 2 aliphatic rings. The molecule has 112 valence electrons. The molecule has 2 N–H and O–H groups in total. The Labute approximate surface area is 115 Å². The van der Waals surface area contributed by atoms with Crippen LogP contribution in [0, 0.1) is 0 Å². The molecule has 19 heavy (non-hydrogen) atoms. The third kappa shape index (κ3) is 5.20. The molecule has 2 heterocycles. The van der Waals surface area contributed by atoms with Gasteiger partial charge in [0.1, 0.15) is 12.9 Å². The first kappa shape index (κ1) is 16.6. The van der Waals surface area contributed by atoms with Gasteiger partial charge in [0.05, 0.1) is 30.5 Å². The molecule has 0 bridgehead atoms. The summed E-state index contributed by atoms with van der Waals surface area (Å²) in [6, 6.07) is 0. The maximum Gasteiger partial charge on any atom is 0.147 e. The molecule has 0 aliphatic carbocycles. The zero-order chi connectivity index (χ0) is 14.5. The molecule has 5 nitrogen and oxygen atoms in total. The van der Waals surface area contributed by atoms with Crippen LogP contribution in [0.5, 0.6) is 0 Å². The van der Waals surface area contributed by atoms with Gasteiger partial charge in [-0.05, 0) is 33.6 Å². The summed E-state index contributed by atoms with van der Waals surface area (Å²) in [5.74, 6) is 0. The highest BCUT2D eigenvalue weighted by Gasteiger charge is 2.40. The summed E-state index contributed by atoms with van der Waals surface area (Å²) in [5.41, 5.74) is -0.967. The van der Waals surface area contributed by atoms with E-state index in [2.05, 4.69) is 6.58 Å². The molecular weight excluding hydrogens is 248 g/mol. The van der Waals surface area contributed by atoms with Crippen LogP contribution in [0.2, 0.25) is 0 Å². The van der Waals surface area contributed by atoms with Crippen molar-refractivity contribution in [3.8, 4) is 0 Å². The maximum absolute atomic E-state index is 9.69. The smallest absolute Gasteiger partial charge is 0.147 e. The lowest BCUT2D eigenvalue weighted by Crippen LogP contribution is -2.37. The number of rotatable bonds is 3. The van der Waals surface area contributed by atoms with Crippen molar-refractivity contribution in [2.75, 3.05) is 20.0 Å². The minimum absolute atomic E-state index is 0.0551. The summed E-state index contributed by atoms with van der Waals surface area (Å²) in [6.07, 6.45) is 3.55. The third-order valence-electron chi connectivity index (χ3n) is 3.43. The van der Waals surface area contributed by atoms with E-state index in [9.17, 15) is 5.11 Å². The average molecular weight is 274 g/mol. The summed E-state index contributed by atoms with van der Waals surface area (Å²) < 4.78 is 15.3. The van der Waals surface area contributed by atoms with Gasteiger partial charge in [0, 0.05) is 0 Å². The maximum atomic E-state index is 9.69. The number of hydrogen-bond acceptors (Lipinski definition) is 5. The predicted molar refractivity (Wildman–Crippen MR) is 71.8 cm³/mol. The van der Waals surface area contributed by atoms with Crippen molar-refractivity contribution < 1.29 is 24.4 Å². The van der Waals surface area contributed by atoms with Gasteiger partial charge in [-0.25, -0.2) is 0 Å². The minimum atomic E-state index is -0.735. The second kappa shape index (κ2) is 6.81. The summed E-state index contributed by atoms with van der Waals surface area (Å²) in [4.78, 5) is 0. The summed E-state index contributed by atoms with van der Waals surface area (Å²) >= 11 is 0. The fourth-order valence-electron chi connectivity index (χ4n) is 1.99. The van der Waals surface area contributed by atoms with E-state index in [0.717, 1.165) is 12.8 Å². The second-order valence-corrected chi connectivity index (χ2v) is 5.78. The van der Waals surface area contributed by atoms with Gasteiger partial charge in [-0.1, -0.05) is 6.08 Å². The van der Waals surface area contributed by atoms with Gasteiger partial charge in [0.15, 0.2) is 0 Å². The molecule has 3 atom stereocenters. The summed E-state index contributed by atoms with van der Waals surface area (Å²) in [7, 11) is 0. The monoisotopic (exact) mass is 274 g/mol. The zero-order valence-corrected chi connectivity index (χ0v) is 12.1. The number of aliphatic hydroxyl groups is 2. The van der Waals surface area contributed by atoms with Gasteiger partial charge in [-0.2, -0.15) is 0 Å². The van der Waals surface area contributed by atoms with Crippen LogP contribution in [-0.4, -0.2) is 53.6 Å². The van der Waals surface area contributed by atoms with Crippen molar-refractivity contribution in [1.82, 2.24) is 0 Å². The molecule has 0 radical (unpaired) electrons. The fraction of sp³-hybridized carbons (Fsp3) is 0.857. The Morgan fingerprint density at radius 1 is 1.47 bits per heavy atom. The Morgan fingerprint density at radius 3 is 2.42 bits per heavy atom. The molecule has 5 heteroatoms. The van der Waals surface area contributed by atoms with Crippen LogP contribution >= 0.6 is 0 Å². The Balaban J connectivity index is 0.000000218. The third-order valence-corrected chi connectivity index (χ3v) is 3.43. The highest BCUT2D eigenvalue weighted by atomic mass is 16.7. The van der Waals surface area contributed by atoms with Gasteiger partial charge in [-0.15, -0.1) is 6.58 Å². The highest BCUT2D eigenvalue weighted by Crippen LogP contribution is 2.35. The second-order valence-electron chi connectivity index (χ2n) is 5.78. The van der Waals surface area contributed by atoms with Crippen molar-refractivity contribution in [3.63, 3.8) is 0 Å². The Bertz CT molecular complexity index is 280. The molecule has 2 saturated heterocycles. The van der Waals surface area contributed by atoms with Gasteiger partial charge >= 0.3 is 0 Å². The van der Waals surface area contributed by atoms with Crippen LogP contribution in [0.15, 0.2) is 12.7 Å².